The van der Waals surface area contributed by atoms with Crippen LogP contribution in [0.5, 0.6) is 0 Å². The van der Waals surface area contributed by atoms with Gasteiger partial charge in [-0.3, -0.25) is 4.79 Å². The van der Waals surface area contributed by atoms with Crippen molar-refractivity contribution in [3.63, 3.8) is 0 Å². The molecule has 2 aromatic heterocycles. The predicted molar refractivity (Wildman–Crippen MR) is 82.4 cm³/mol. The van der Waals surface area contributed by atoms with Crippen molar-refractivity contribution in [3.8, 4) is 0 Å². The lowest BCUT2D eigenvalue weighted by Crippen LogP contribution is -2.56. The predicted octanol–water partition coefficient (Wildman–Crippen LogP) is 0.592. The molecule has 0 unspecified atom stereocenters. The van der Waals surface area contributed by atoms with Crippen molar-refractivity contribution in [3.05, 3.63) is 6.33 Å². The number of fused-ring (bicyclic) bond motifs is 1. The van der Waals surface area contributed by atoms with Gasteiger partial charge in [-0.2, -0.15) is 0 Å². The van der Waals surface area contributed by atoms with Crippen LogP contribution in [-0.4, -0.2) is 49.5 Å². The smallest absolute Gasteiger partial charge is 0.227 e. The van der Waals surface area contributed by atoms with Crippen molar-refractivity contribution in [1.29, 1.82) is 0 Å². The van der Waals surface area contributed by atoms with Crippen LogP contribution in [0.25, 0.3) is 11.2 Å². The van der Waals surface area contributed by atoms with Crippen molar-refractivity contribution in [1.82, 2.24) is 30.3 Å². The second-order valence-corrected chi connectivity index (χ2v) is 6.62. The van der Waals surface area contributed by atoms with Gasteiger partial charge in [0.25, 0.3) is 0 Å². The minimum atomic E-state index is -0.205. The standard InChI is InChI=1S/C14H21N7O/c1-5-21-12-10(18-19-21)11(15-8-16-12)20-6-9(7-20)13(22)17-14(2,3)4/h8-9H,5-7H2,1-4H3,(H,17,22). The van der Waals surface area contributed by atoms with Crippen LogP contribution in [0.3, 0.4) is 0 Å². The first kappa shape index (κ1) is 14.7. The lowest BCUT2D eigenvalue weighted by atomic mass is 9.97. The number of hydrogen-bond acceptors (Lipinski definition) is 6. The van der Waals surface area contributed by atoms with Gasteiger partial charge in [0.2, 0.25) is 5.91 Å². The van der Waals surface area contributed by atoms with Gasteiger partial charge in [0.15, 0.2) is 17.0 Å². The normalized spacial score (nSPS) is 15.9. The number of nitrogens with zero attached hydrogens (tertiary/aromatic N) is 6. The molecule has 8 heteroatoms. The number of anilines is 1. The monoisotopic (exact) mass is 303 g/mol. The number of aryl methyl sites for hydroxylation is 1. The topological polar surface area (TPSA) is 88.8 Å². The van der Waals surface area contributed by atoms with Gasteiger partial charge < -0.3 is 10.2 Å². The minimum Gasteiger partial charge on any atom is -0.353 e. The summed E-state index contributed by atoms with van der Waals surface area (Å²) in [5.74, 6) is 0.834. The number of hydrogen-bond donors (Lipinski definition) is 1. The van der Waals surface area contributed by atoms with Gasteiger partial charge in [0, 0.05) is 25.2 Å². The maximum atomic E-state index is 12.1. The SMILES string of the molecule is CCn1nnc2c(N3CC(C(=O)NC(C)(C)C)C3)ncnc21. The van der Waals surface area contributed by atoms with E-state index in [1.54, 1.807) is 4.68 Å². The summed E-state index contributed by atoms with van der Waals surface area (Å²) in [6, 6.07) is 0. The number of amides is 1. The highest BCUT2D eigenvalue weighted by molar-refractivity contribution is 5.86. The maximum Gasteiger partial charge on any atom is 0.227 e. The molecule has 3 rings (SSSR count). The summed E-state index contributed by atoms with van der Waals surface area (Å²) >= 11 is 0. The fourth-order valence-corrected chi connectivity index (χ4v) is 2.51. The summed E-state index contributed by atoms with van der Waals surface area (Å²) in [7, 11) is 0. The lowest BCUT2D eigenvalue weighted by Gasteiger charge is -2.40. The Morgan fingerprint density at radius 1 is 1.36 bits per heavy atom. The Bertz CT molecular complexity index is 697. The van der Waals surface area contributed by atoms with Gasteiger partial charge in [-0.15, -0.1) is 5.10 Å². The van der Waals surface area contributed by atoms with Crippen molar-refractivity contribution in [2.75, 3.05) is 18.0 Å². The third-order valence-corrected chi connectivity index (χ3v) is 3.63. The molecule has 0 spiro atoms. The van der Waals surface area contributed by atoms with Gasteiger partial charge in [-0.25, -0.2) is 14.6 Å². The van der Waals surface area contributed by atoms with Crippen LogP contribution < -0.4 is 10.2 Å². The van der Waals surface area contributed by atoms with Crippen LogP contribution in [-0.2, 0) is 11.3 Å². The number of rotatable bonds is 3. The van der Waals surface area contributed by atoms with Gasteiger partial charge in [-0.05, 0) is 27.7 Å². The fourth-order valence-electron chi connectivity index (χ4n) is 2.51. The first-order valence-corrected chi connectivity index (χ1v) is 7.50. The van der Waals surface area contributed by atoms with Crippen LogP contribution in [0.1, 0.15) is 27.7 Å². The molecule has 0 aromatic carbocycles. The van der Waals surface area contributed by atoms with Gasteiger partial charge in [0.1, 0.15) is 6.33 Å². The summed E-state index contributed by atoms with van der Waals surface area (Å²) in [4.78, 5) is 22.7. The molecule has 2 aromatic rings. The zero-order valence-corrected chi connectivity index (χ0v) is 13.4. The van der Waals surface area contributed by atoms with E-state index >= 15 is 0 Å². The molecular formula is C14H21N7O. The van der Waals surface area contributed by atoms with Crippen molar-refractivity contribution < 1.29 is 4.79 Å². The van der Waals surface area contributed by atoms with Gasteiger partial charge in [0.05, 0.1) is 5.92 Å². The molecule has 0 saturated carbocycles. The van der Waals surface area contributed by atoms with E-state index in [4.69, 9.17) is 0 Å². The third kappa shape index (κ3) is 2.60. The van der Waals surface area contributed by atoms with E-state index < -0.39 is 0 Å². The Kier molecular flexibility index (Phi) is 3.46. The molecule has 0 radical (unpaired) electrons. The molecule has 0 bridgehead atoms. The molecule has 1 N–H and O–H groups in total. The zero-order chi connectivity index (χ0) is 15.9. The molecule has 8 nitrogen and oxygen atoms in total. The molecule has 3 heterocycles. The summed E-state index contributed by atoms with van der Waals surface area (Å²) in [6.45, 7) is 9.95. The van der Waals surface area contributed by atoms with E-state index in [0.29, 0.717) is 25.2 Å². The van der Waals surface area contributed by atoms with Crippen molar-refractivity contribution in [2.45, 2.75) is 39.8 Å². The average Bonchev–Trinajstić information content (AvgIpc) is 2.78. The molecule has 1 saturated heterocycles. The van der Waals surface area contributed by atoms with E-state index in [0.717, 1.165) is 11.5 Å². The largest absolute Gasteiger partial charge is 0.353 e. The number of nitrogens with one attached hydrogen (secondary N) is 1. The quantitative estimate of drug-likeness (QED) is 0.893. The maximum absolute atomic E-state index is 12.1. The molecule has 0 atom stereocenters. The number of carbonyl (C=O) groups is 1. The first-order valence-electron chi connectivity index (χ1n) is 7.50. The highest BCUT2D eigenvalue weighted by Gasteiger charge is 2.36. The Labute approximate surface area is 128 Å². The van der Waals surface area contributed by atoms with Gasteiger partial charge >= 0.3 is 0 Å². The van der Waals surface area contributed by atoms with Crippen LogP contribution in [0.2, 0.25) is 0 Å². The van der Waals surface area contributed by atoms with Crippen LogP contribution in [0.15, 0.2) is 6.33 Å². The van der Waals surface area contributed by atoms with Crippen molar-refractivity contribution in [2.24, 2.45) is 5.92 Å². The molecule has 22 heavy (non-hydrogen) atoms. The van der Waals surface area contributed by atoms with Crippen molar-refractivity contribution >= 4 is 22.9 Å². The van der Waals surface area contributed by atoms with E-state index in [1.807, 2.05) is 32.6 Å². The highest BCUT2D eigenvalue weighted by atomic mass is 16.2. The molecular weight excluding hydrogens is 282 g/mol. The molecule has 1 fully saturated rings. The van der Waals surface area contributed by atoms with Gasteiger partial charge in [-0.1, -0.05) is 5.21 Å². The first-order chi connectivity index (χ1) is 10.4. The summed E-state index contributed by atoms with van der Waals surface area (Å²) in [6.07, 6.45) is 1.52. The Balaban J connectivity index is 1.73. The third-order valence-electron chi connectivity index (χ3n) is 3.63. The molecule has 1 amide bonds. The molecule has 1 aliphatic heterocycles. The molecule has 0 aliphatic carbocycles. The second-order valence-electron chi connectivity index (χ2n) is 6.62. The van der Waals surface area contributed by atoms with Crippen LogP contribution in [0.4, 0.5) is 5.82 Å². The summed E-state index contributed by atoms with van der Waals surface area (Å²) in [5.41, 5.74) is 1.22. The highest BCUT2D eigenvalue weighted by Crippen LogP contribution is 2.27. The summed E-state index contributed by atoms with van der Waals surface area (Å²) < 4.78 is 1.74. The van der Waals surface area contributed by atoms with E-state index in [-0.39, 0.29) is 17.4 Å². The van der Waals surface area contributed by atoms with Crippen LogP contribution >= 0.6 is 0 Å². The fraction of sp³-hybridized carbons (Fsp3) is 0.643. The Morgan fingerprint density at radius 3 is 2.73 bits per heavy atom. The lowest BCUT2D eigenvalue weighted by molar-refractivity contribution is -0.127. The van der Waals surface area contributed by atoms with E-state index in [9.17, 15) is 4.79 Å². The zero-order valence-electron chi connectivity index (χ0n) is 13.4. The summed E-state index contributed by atoms with van der Waals surface area (Å²) in [5, 5.41) is 11.3. The minimum absolute atomic E-state index is 0.00883. The second kappa shape index (κ2) is 5.19. The average molecular weight is 303 g/mol. The van der Waals surface area contributed by atoms with Crippen LogP contribution in [0, 0.1) is 5.92 Å². The number of aromatic nitrogens is 5. The van der Waals surface area contributed by atoms with E-state index in [1.165, 1.54) is 6.33 Å². The van der Waals surface area contributed by atoms with E-state index in [2.05, 4.69) is 25.6 Å². The number of carbonyl (C=O) groups excluding carboxylic acids is 1. The molecule has 1 aliphatic rings. The Hall–Kier alpha value is -2.25. The molecule has 118 valence electrons. The Morgan fingerprint density at radius 2 is 2.09 bits per heavy atom.